The molecule has 356 valence electrons. The molecule has 7 N–H and O–H groups in total. The molecule has 1 heterocycles. The Kier molecular flexibility index (Phi) is 19.4. The van der Waals surface area contributed by atoms with Crippen molar-refractivity contribution in [1.82, 2.24) is 20.6 Å². The first-order valence-electron chi connectivity index (χ1n) is 21.5. The monoisotopic (exact) mass is 933 g/mol. The summed E-state index contributed by atoms with van der Waals surface area (Å²) in [6.07, 6.45) is 4.01. The van der Waals surface area contributed by atoms with Gasteiger partial charge in [-0.2, -0.15) is 15.9 Å². The molecule has 9 unspecified atom stereocenters. The van der Waals surface area contributed by atoms with Crippen molar-refractivity contribution in [3.8, 4) is 5.75 Å². The number of rotatable bonds is 11. The number of benzene rings is 2. The number of nitrogens with one attached hydrogen (secondary N) is 2. The largest absolute Gasteiger partial charge is 0.505 e. The number of allylic oxidation sites excluding steroid dienone is 2. The van der Waals surface area contributed by atoms with Crippen LogP contribution in [0.15, 0.2) is 66.3 Å². The molecular weight excluding hydrogens is 865 g/mol. The van der Waals surface area contributed by atoms with E-state index in [1.165, 1.54) is 54.0 Å². The Morgan fingerprint density at radius 3 is 2.19 bits per heavy atom. The van der Waals surface area contributed by atoms with Gasteiger partial charge < -0.3 is 40.3 Å². The number of carbonyl (C=O) groups is 4. The topological polar surface area (TPSA) is 213 Å². The van der Waals surface area contributed by atoms with Gasteiger partial charge in [-0.1, -0.05) is 113 Å². The Hall–Kier alpha value is -4.06. The molecule has 0 bridgehead atoms. The Balaban J connectivity index is 2.42. The van der Waals surface area contributed by atoms with Gasteiger partial charge in [0, 0.05) is 32.5 Å². The molecule has 64 heavy (non-hydrogen) atoms. The van der Waals surface area contributed by atoms with Crippen molar-refractivity contribution in [2.75, 3.05) is 20.7 Å². The van der Waals surface area contributed by atoms with Crippen LogP contribution in [0.1, 0.15) is 99.3 Å². The molecule has 0 fully saturated rings. The lowest BCUT2D eigenvalue weighted by atomic mass is 9.85. The fourth-order valence-corrected chi connectivity index (χ4v) is 8.36. The van der Waals surface area contributed by atoms with Crippen LogP contribution in [0.25, 0.3) is 0 Å². The SMILES string of the molecule is CCC(C)C1C(=O)N(ON)C(C)(Cc2cc(Cl)c(O)c(Cl)c2)C(=O)NC(C(C)(C)O)C(=O)OC(c2ccccc2)C(C)/C=C/C=C(\C)C(OC)CC(NCC(C)C)C(C)(O)C(=O)N1C. The van der Waals surface area contributed by atoms with Crippen molar-refractivity contribution in [3.05, 3.63) is 87.4 Å². The Labute approximate surface area is 388 Å². The molecule has 0 spiro atoms. The Morgan fingerprint density at radius 1 is 1.08 bits per heavy atom. The second kappa shape index (κ2) is 22.9. The van der Waals surface area contributed by atoms with Crippen molar-refractivity contribution in [3.63, 3.8) is 0 Å². The smallest absolute Gasteiger partial charge is 0.332 e. The molecule has 3 rings (SSSR count). The number of likely N-dealkylation sites (N-methyl/N-ethyl adjacent to an activating group) is 1. The number of hydrogen-bond acceptors (Lipinski definition) is 12. The molecule has 2 aromatic rings. The molecule has 1 aliphatic rings. The summed E-state index contributed by atoms with van der Waals surface area (Å²) in [5.41, 5.74) is -4.69. The number of nitrogens with two attached hydrogens (primary N) is 1. The van der Waals surface area contributed by atoms with Crippen LogP contribution >= 0.6 is 23.2 Å². The fraction of sp³-hybridized carbons (Fsp3) is 0.574. The number of aliphatic hydroxyl groups is 2. The van der Waals surface area contributed by atoms with Gasteiger partial charge in [0.2, 0.25) is 5.91 Å². The Morgan fingerprint density at radius 2 is 1.67 bits per heavy atom. The van der Waals surface area contributed by atoms with Crippen molar-refractivity contribution in [2.45, 2.75) is 136 Å². The number of halogens is 2. The maximum absolute atomic E-state index is 15.2. The first kappa shape index (κ1) is 54.3. The number of phenols is 1. The first-order valence-corrected chi connectivity index (χ1v) is 22.3. The fourth-order valence-electron chi connectivity index (χ4n) is 7.83. The van der Waals surface area contributed by atoms with Crippen LogP contribution < -0.4 is 16.5 Å². The van der Waals surface area contributed by atoms with E-state index < -0.39 is 94.8 Å². The summed E-state index contributed by atoms with van der Waals surface area (Å²) in [4.78, 5) is 65.9. The highest BCUT2D eigenvalue weighted by Gasteiger charge is 2.52. The molecule has 17 heteroatoms. The molecule has 0 radical (unpaired) electrons. The first-order chi connectivity index (χ1) is 29.8. The van der Waals surface area contributed by atoms with Crippen LogP contribution in [-0.2, 0) is 40.0 Å². The molecule has 0 aliphatic carbocycles. The third-order valence-corrected chi connectivity index (χ3v) is 12.6. The molecule has 0 saturated carbocycles. The molecule has 0 saturated heterocycles. The predicted octanol–water partition coefficient (Wildman–Crippen LogP) is 5.97. The summed E-state index contributed by atoms with van der Waals surface area (Å²) in [6.45, 7) is 17.0. The number of ether oxygens (including phenoxy) is 2. The minimum atomic E-state index is -2.22. The normalized spacial score (nSPS) is 29.4. The molecule has 0 aromatic heterocycles. The number of methoxy groups -OCH3 is 1. The number of amides is 3. The van der Waals surface area contributed by atoms with E-state index in [0.717, 1.165) is 10.5 Å². The lowest BCUT2D eigenvalue weighted by molar-refractivity contribution is -0.228. The van der Waals surface area contributed by atoms with Crippen LogP contribution in [-0.4, -0.2) is 111 Å². The summed E-state index contributed by atoms with van der Waals surface area (Å²) in [5.74, 6) is 0.747. The summed E-state index contributed by atoms with van der Waals surface area (Å²) >= 11 is 12.7. The molecule has 15 nitrogen and oxygen atoms in total. The summed E-state index contributed by atoms with van der Waals surface area (Å²) in [6, 6.07) is 7.59. The maximum atomic E-state index is 15.2. The van der Waals surface area contributed by atoms with Gasteiger partial charge in [-0.15, -0.1) is 0 Å². The van der Waals surface area contributed by atoms with E-state index in [4.69, 9.17) is 43.5 Å². The van der Waals surface area contributed by atoms with Gasteiger partial charge in [0.15, 0.2) is 22.9 Å². The van der Waals surface area contributed by atoms with E-state index in [1.807, 2.05) is 45.9 Å². The van der Waals surface area contributed by atoms with E-state index in [-0.39, 0.29) is 27.9 Å². The van der Waals surface area contributed by atoms with Gasteiger partial charge in [0.05, 0.1) is 21.8 Å². The van der Waals surface area contributed by atoms with Crippen LogP contribution in [0, 0.1) is 17.8 Å². The zero-order chi connectivity index (χ0) is 48.5. The lowest BCUT2D eigenvalue weighted by Crippen LogP contribution is -2.69. The standard InChI is InChI=1S/C47H69Cl2N5O10/c1-13-28(4)37-41(56)54(64-50)46(9,25-31-22-33(48)38(55)34(49)23-31)43(58)52-40(45(7,8)60)42(57)63-39(32-20-15-14-16-21-32)30(6)19-17-18-29(5)35(62-12)24-36(51-26-27(2)3)47(10,61)44(59)53(37)11/h14-23,27-28,30,35-37,39-40,51,55,60-61H,13,24-26,50H2,1-12H3,(H,52,58)/b19-17+,29-18+. The maximum Gasteiger partial charge on any atom is 0.332 e. The average molecular weight is 935 g/mol. The highest BCUT2D eigenvalue weighted by molar-refractivity contribution is 6.37. The predicted molar refractivity (Wildman–Crippen MR) is 247 cm³/mol. The number of phenolic OH excluding ortho intramolecular Hbond substituents is 1. The molecule has 9 atom stereocenters. The number of aromatic hydroxyl groups is 1. The highest BCUT2D eigenvalue weighted by Crippen LogP contribution is 2.36. The minimum Gasteiger partial charge on any atom is -0.505 e. The van der Waals surface area contributed by atoms with Crippen LogP contribution in [0.5, 0.6) is 5.75 Å². The highest BCUT2D eigenvalue weighted by atomic mass is 35.5. The lowest BCUT2D eigenvalue weighted by Gasteiger charge is -2.44. The van der Waals surface area contributed by atoms with Gasteiger partial charge in [0.1, 0.15) is 12.1 Å². The quantitative estimate of drug-likeness (QED) is 0.114. The second-order valence-corrected chi connectivity index (χ2v) is 19.1. The number of cyclic esters (lactones) is 1. The van der Waals surface area contributed by atoms with E-state index in [2.05, 4.69) is 10.6 Å². The number of esters is 1. The number of nitrogens with zero attached hydrogens (tertiary/aromatic N) is 2. The van der Waals surface area contributed by atoms with Crippen molar-refractivity contribution in [1.29, 1.82) is 0 Å². The summed E-state index contributed by atoms with van der Waals surface area (Å²) in [7, 11) is 2.91. The van der Waals surface area contributed by atoms with Crippen molar-refractivity contribution < 1.29 is 48.9 Å². The van der Waals surface area contributed by atoms with Gasteiger partial charge in [-0.3, -0.25) is 14.4 Å². The van der Waals surface area contributed by atoms with Gasteiger partial charge >= 0.3 is 5.97 Å². The third-order valence-electron chi connectivity index (χ3n) is 12.0. The van der Waals surface area contributed by atoms with Crippen LogP contribution in [0.4, 0.5) is 0 Å². The van der Waals surface area contributed by atoms with Crippen LogP contribution in [0.2, 0.25) is 10.0 Å². The zero-order valence-corrected chi connectivity index (χ0v) is 40.7. The molecule has 3 amide bonds. The number of carbonyl (C=O) groups excluding carboxylic acids is 4. The van der Waals surface area contributed by atoms with E-state index in [9.17, 15) is 24.9 Å². The Bertz CT molecular complexity index is 1970. The summed E-state index contributed by atoms with van der Waals surface area (Å²) < 4.78 is 12.1. The van der Waals surface area contributed by atoms with Crippen LogP contribution in [0.3, 0.4) is 0 Å². The zero-order valence-electron chi connectivity index (χ0n) is 39.1. The third kappa shape index (κ3) is 13.1. The van der Waals surface area contributed by atoms with Gasteiger partial charge in [-0.25, -0.2) is 4.79 Å². The second-order valence-electron chi connectivity index (χ2n) is 18.3. The average Bonchev–Trinajstić information content (AvgIpc) is 3.22. The van der Waals surface area contributed by atoms with Gasteiger partial charge in [0.25, 0.3) is 11.8 Å². The van der Waals surface area contributed by atoms with E-state index in [0.29, 0.717) is 23.6 Å². The minimum absolute atomic E-state index is 0.130. The summed E-state index contributed by atoms with van der Waals surface area (Å²) in [5, 5.41) is 40.6. The molecular formula is C47H69Cl2N5O10. The van der Waals surface area contributed by atoms with E-state index in [1.54, 1.807) is 44.2 Å². The molecule has 1 aliphatic heterocycles. The van der Waals surface area contributed by atoms with Crippen molar-refractivity contribution >= 4 is 46.9 Å². The number of hydroxylamine groups is 2. The number of hydrogen-bond donors (Lipinski definition) is 6. The molecule has 2 aromatic carbocycles. The van der Waals surface area contributed by atoms with Crippen molar-refractivity contribution in [2.24, 2.45) is 23.7 Å². The van der Waals surface area contributed by atoms with Gasteiger partial charge in [-0.05, 0) is 88.3 Å². The van der Waals surface area contributed by atoms with E-state index >= 15 is 9.59 Å².